The van der Waals surface area contributed by atoms with Crippen LogP contribution in [0.5, 0.6) is 0 Å². The number of aromatic nitrogens is 2. The van der Waals surface area contributed by atoms with Gasteiger partial charge < -0.3 is 10.2 Å². The summed E-state index contributed by atoms with van der Waals surface area (Å²) in [7, 11) is 1.88. The minimum absolute atomic E-state index is 0.135. The highest BCUT2D eigenvalue weighted by molar-refractivity contribution is 5.75. The smallest absolute Gasteiger partial charge is 0.318 e. The van der Waals surface area contributed by atoms with E-state index in [-0.39, 0.29) is 18.6 Å². The van der Waals surface area contributed by atoms with Gasteiger partial charge in [-0.1, -0.05) is 35.7 Å². The predicted molar refractivity (Wildman–Crippen MR) is 95.3 cm³/mol. The van der Waals surface area contributed by atoms with Crippen molar-refractivity contribution in [2.45, 2.75) is 33.4 Å². The quantitative estimate of drug-likeness (QED) is 0.860. The Morgan fingerprint density at radius 2 is 2.04 bits per heavy atom. The number of nitrogens with zero attached hydrogens (tertiary/aromatic N) is 3. The van der Waals surface area contributed by atoms with Crippen molar-refractivity contribution in [3.8, 4) is 12.3 Å². The molecule has 2 amide bonds. The molecule has 1 heterocycles. The molecular weight excluding hydrogens is 300 g/mol. The number of aryl methyl sites for hydroxylation is 2. The van der Waals surface area contributed by atoms with Crippen molar-refractivity contribution in [2.75, 3.05) is 6.54 Å². The molecule has 0 unspecified atom stereocenters. The normalized spacial score (nSPS) is 11.6. The largest absolute Gasteiger partial charge is 0.331 e. The van der Waals surface area contributed by atoms with Crippen molar-refractivity contribution in [3.05, 3.63) is 52.8 Å². The number of nitrogens with one attached hydrogen (secondary N) is 1. The van der Waals surface area contributed by atoms with Crippen molar-refractivity contribution in [3.63, 3.8) is 0 Å². The van der Waals surface area contributed by atoms with Gasteiger partial charge in [0.15, 0.2) is 0 Å². The molecule has 5 heteroatoms. The van der Waals surface area contributed by atoms with Crippen molar-refractivity contribution in [2.24, 2.45) is 7.05 Å². The molecule has 24 heavy (non-hydrogen) atoms. The Morgan fingerprint density at radius 3 is 2.58 bits per heavy atom. The lowest BCUT2D eigenvalue weighted by Crippen LogP contribution is -2.41. The third-order valence-electron chi connectivity index (χ3n) is 4.14. The second-order valence-corrected chi connectivity index (χ2v) is 6.03. The van der Waals surface area contributed by atoms with E-state index in [9.17, 15) is 4.79 Å². The van der Waals surface area contributed by atoms with Crippen LogP contribution in [0.3, 0.4) is 0 Å². The average molecular weight is 324 g/mol. The molecule has 0 spiro atoms. The van der Waals surface area contributed by atoms with Crippen molar-refractivity contribution >= 4 is 6.03 Å². The highest BCUT2D eigenvalue weighted by Gasteiger charge is 2.18. The number of benzene rings is 1. The van der Waals surface area contributed by atoms with Gasteiger partial charge in [-0.2, -0.15) is 5.10 Å². The lowest BCUT2D eigenvalue weighted by molar-refractivity contribution is 0.198. The van der Waals surface area contributed by atoms with E-state index in [1.54, 1.807) is 15.8 Å². The van der Waals surface area contributed by atoms with Crippen LogP contribution in [0, 0.1) is 26.2 Å². The van der Waals surface area contributed by atoms with E-state index in [2.05, 4.69) is 16.3 Å². The van der Waals surface area contributed by atoms with E-state index >= 15 is 0 Å². The van der Waals surface area contributed by atoms with Gasteiger partial charge in [-0.25, -0.2) is 4.79 Å². The molecule has 1 aromatic carbocycles. The monoisotopic (exact) mass is 324 g/mol. The number of amides is 2. The third-order valence-corrected chi connectivity index (χ3v) is 4.14. The number of hydrogen-bond acceptors (Lipinski definition) is 2. The van der Waals surface area contributed by atoms with Crippen LogP contribution in [0.25, 0.3) is 0 Å². The topological polar surface area (TPSA) is 50.2 Å². The molecule has 0 saturated carbocycles. The number of carbonyl (C=O) groups excluding carboxylic acids is 1. The van der Waals surface area contributed by atoms with Gasteiger partial charge in [0, 0.05) is 24.8 Å². The molecule has 0 aliphatic carbocycles. The fourth-order valence-corrected chi connectivity index (χ4v) is 2.52. The maximum atomic E-state index is 12.6. The van der Waals surface area contributed by atoms with Crippen molar-refractivity contribution < 1.29 is 4.79 Å². The number of carbonyl (C=O) groups is 1. The highest BCUT2D eigenvalue weighted by Crippen LogP contribution is 2.16. The molecule has 2 rings (SSSR count). The maximum Gasteiger partial charge on any atom is 0.318 e. The number of urea groups is 1. The van der Waals surface area contributed by atoms with Gasteiger partial charge in [-0.05, 0) is 26.3 Å². The Hall–Kier alpha value is -2.74. The van der Waals surface area contributed by atoms with Gasteiger partial charge in [0.2, 0.25) is 0 Å². The first-order chi connectivity index (χ1) is 11.4. The average Bonchev–Trinajstić information content (AvgIpc) is 2.88. The molecule has 0 saturated heterocycles. The van der Waals surface area contributed by atoms with Crippen LogP contribution in [0.4, 0.5) is 4.79 Å². The van der Waals surface area contributed by atoms with E-state index in [0.717, 1.165) is 16.8 Å². The van der Waals surface area contributed by atoms with E-state index < -0.39 is 0 Å². The summed E-state index contributed by atoms with van der Waals surface area (Å²) >= 11 is 0. The van der Waals surface area contributed by atoms with E-state index in [1.165, 1.54) is 5.56 Å². The van der Waals surface area contributed by atoms with Crippen LogP contribution in [0.2, 0.25) is 0 Å². The number of terminal acetylenes is 1. The van der Waals surface area contributed by atoms with Crippen LogP contribution in [0.1, 0.15) is 35.3 Å². The van der Waals surface area contributed by atoms with Gasteiger partial charge in [0.25, 0.3) is 0 Å². The standard InChI is InChI=1S/C19H24N4O/c1-6-11-23(13-17-9-7-14(2)8-10-17)19(24)21-15(3)18-12-20-22(5)16(18)4/h1,7-10,12,15H,11,13H2,2-5H3,(H,21,24)/t15-/m1/s1. The zero-order chi connectivity index (χ0) is 17.7. The summed E-state index contributed by atoms with van der Waals surface area (Å²) in [5.41, 5.74) is 4.27. The first kappa shape index (κ1) is 17.6. The highest BCUT2D eigenvalue weighted by atomic mass is 16.2. The van der Waals surface area contributed by atoms with Crippen LogP contribution >= 0.6 is 0 Å². The molecular formula is C19H24N4O. The fourth-order valence-electron chi connectivity index (χ4n) is 2.52. The number of rotatable bonds is 5. The van der Waals surface area contributed by atoms with E-state index in [1.807, 2.05) is 52.1 Å². The minimum Gasteiger partial charge on any atom is -0.331 e. The Labute approximate surface area is 143 Å². The van der Waals surface area contributed by atoms with Gasteiger partial charge >= 0.3 is 6.03 Å². The molecule has 1 N–H and O–H groups in total. The van der Waals surface area contributed by atoms with E-state index in [0.29, 0.717) is 6.54 Å². The molecule has 2 aromatic rings. The maximum absolute atomic E-state index is 12.6. The lowest BCUT2D eigenvalue weighted by Gasteiger charge is -2.23. The van der Waals surface area contributed by atoms with Crippen molar-refractivity contribution in [1.82, 2.24) is 20.0 Å². The fraction of sp³-hybridized carbons (Fsp3) is 0.368. The third kappa shape index (κ3) is 4.17. The zero-order valence-electron chi connectivity index (χ0n) is 14.7. The van der Waals surface area contributed by atoms with Gasteiger partial charge in [-0.3, -0.25) is 4.68 Å². The van der Waals surface area contributed by atoms with E-state index in [4.69, 9.17) is 6.42 Å². The molecule has 0 aliphatic rings. The summed E-state index contributed by atoms with van der Waals surface area (Å²) in [5.74, 6) is 2.56. The Balaban J connectivity index is 2.07. The van der Waals surface area contributed by atoms with Gasteiger partial charge in [0.1, 0.15) is 0 Å². The summed E-state index contributed by atoms with van der Waals surface area (Å²) in [4.78, 5) is 14.2. The first-order valence-electron chi connectivity index (χ1n) is 7.95. The summed E-state index contributed by atoms with van der Waals surface area (Å²) in [6.45, 7) is 6.71. The minimum atomic E-state index is -0.177. The van der Waals surface area contributed by atoms with Crippen LogP contribution in [-0.4, -0.2) is 27.3 Å². The predicted octanol–water partition coefficient (Wildman–Crippen LogP) is 2.94. The molecule has 1 atom stereocenters. The Morgan fingerprint density at radius 1 is 1.38 bits per heavy atom. The van der Waals surface area contributed by atoms with Gasteiger partial charge in [0.05, 0.1) is 18.8 Å². The number of hydrogen-bond donors (Lipinski definition) is 1. The summed E-state index contributed by atoms with van der Waals surface area (Å²) in [5, 5.41) is 7.23. The molecule has 5 nitrogen and oxygen atoms in total. The second kappa shape index (κ2) is 7.69. The molecule has 0 aliphatic heterocycles. The summed E-state index contributed by atoms with van der Waals surface area (Å²) in [6, 6.07) is 7.78. The first-order valence-corrected chi connectivity index (χ1v) is 7.95. The second-order valence-electron chi connectivity index (χ2n) is 6.03. The molecule has 126 valence electrons. The summed E-state index contributed by atoms with van der Waals surface area (Å²) in [6.07, 6.45) is 7.21. The van der Waals surface area contributed by atoms with Crippen LogP contribution < -0.4 is 5.32 Å². The molecule has 0 bridgehead atoms. The Bertz CT molecular complexity index is 740. The summed E-state index contributed by atoms with van der Waals surface area (Å²) < 4.78 is 1.80. The zero-order valence-corrected chi connectivity index (χ0v) is 14.7. The van der Waals surface area contributed by atoms with Crippen molar-refractivity contribution in [1.29, 1.82) is 0 Å². The van der Waals surface area contributed by atoms with Crippen LogP contribution in [-0.2, 0) is 13.6 Å². The molecule has 0 radical (unpaired) electrons. The molecule has 0 fully saturated rings. The molecule has 1 aromatic heterocycles. The van der Waals surface area contributed by atoms with Crippen LogP contribution in [0.15, 0.2) is 30.5 Å². The lowest BCUT2D eigenvalue weighted by atomic mass is 10.1. The Kier molecular flexibility index (Phi) is 5.64. The SMILES string of the molecule is C#CCN(Cc1ccc(C)cc1)C(=O)N[C@H](C)c1cnn(C)c1C. The van der Waals surface area contributed by atoms with Gasteiger partial charge in [-0.15, -0.1) is 6.42 Å².